The minimum Gasteiger partial charge on any atom is -0.390 e. The number of unbranched alkanes of at least 4 members (excludes halogenated alkanes) is 33. The van der Waals surface area contributed by atoms with E-state index in [1.54, 1.807) is 0 Å². The molecule has 0 aromatic carbocycles. The minimum atomic E-state index is -1.54. The zero-order valence-corrected chi connectivity index (χ0v) is 40.1. The molecule has 1 aliphatic rings. The molecule has 10 heteroatoms. The van der Waals surface area contributed by atoms with Crippen molar-refractivity contribution in [2.45, 2.75) is 300 Å². The Bertz CT molecular complexity index is 944. The molecule has 2 unspecified atom stereocenters. The molecule has 0 aliphatic carbocycles. The first-order valence-corrected chi connectivity index (χ1v) is 26.2. The molecule has 0 radical (unpaired) electrons. The van der Waals surface area contributed by atoms with Gasteiger partial charge in [0.1, 0.15) is 30.5 Å². The molecule has 1 rings (SSSR count). The first kappa shape index (κ1) is 58.2. The number of amides is 1. The summed E-state index contributed by atoms with van der Waals surface area (Å²) in [5.74, 6) is -0.230. The van der Waals surface area contributed by atoms with Gasteiger partial charge in [-0.05, 0) is 12.8 Å². The number of carbonyl (C=O) groups is 1. The molecule has 0 saturated carbocycles. The topological polar surface area (TPSA) is 158 Å². The van der Waals surface area contributed by atoms with Crippen LogP contribution < -0.4 is 5.32 Å². The van der Waals surface area contributed by atoms with E-state index >= 15 is 0 Å². The molecule has 0 aromatic heterocycles. The van der Waals surface area contributed by atoms with Gasteiger partial charge in [-0.15, -0.1) is 0 Å². The van der Waals surface area contributed by atoms with Gasteiger partial charge in [-0.2, -0.15) is 0 Å². The molecule has 1 saturated heterocycles. The lowest BCUT2D eigenvalue weighted by atomic mass is 9.98. The van der Waals surface area contributed by atoms with Gasteiger partial charge >= 0.3 is 0 Å². The Morgan fingerprint density at radius 2 is 0.885 bits per heavy atom. The Morgan fingerprint density at radius 3 is 1.26 bits per heavy atom. The molecular weight excluding hydrogens is 771 g/mol. The molecule has 364 valence electrons. The molecule has 61 heavy (non-hydrogen) atoms. The highest BCUT2D eigenvalue weighted by molar-refractivity contribution is 5.76. The predicted octanol–water partition coefficient (Wildman–Crippen LogP) is 11.1. The van der Waals surface area contributed by atoms with Crippen LogP contribution in [0.1, 0.15) is 251 Å². The fourth-order valence-electron chi connectivity index (χ4n) is 8.76. The molecule has 1 fully saturated rings. The van der Waals surface area contributed by atoms with E-state index in [0.717, 1.165) is 38.5 Å². The van der Waals surface area contributed by atoms with Crippen LogP contribution >= 0.6 is 0 Å². The maximum Gasteiger partial charge on any atom is 0.220 e. The monoisotopic (exact) mass is 872 g/mol. The Hall–Kier alpha value is -0.850. The van der Waals surface area contributed by atoms with Crippen molar-refractivity contribution in [1.29, 1.82) is 0 Å². The average molecular weight is 872 g/mol. The highest BCUT2D eigenvalue weighted by Gasteiger charge is 2.45. The van der Waals surface area contributed by atoms with Crippen molar-refractivity contribution >= 4 is 5.91 Å². The lowest BCUT2D eigenvalue weighted by Crippen LogP contribution is -2.60. The van der Waals surface area contributed by atoms with Crippen molar-refractivity contribution in [2.75, 3.05) is 20.3 Å². The summed E-state index contributed by atoms with van der Waals surface area (Å²) in [6, 6.07) is -0.954. The van der Waals surface area contributed by atoms with Gasteiger partial charge in [-0.25, -0.2) is 0 Å². The lowest BCUT2D eigenvalue weighted by molar-refractivity contribution is -0.304. The van der Waals surface area contributed by atoms with Crippen LogP contribution in [0.3, 0.4) is 0 Å². The van der Waals surface area contributed by atoms with Crippen molar-refractivity contribution in [2.24, 2.45) is 0 Å². The standard InChI is InChI=1S/C51H101NO9/c1-4-6-8-10-12-14-16-18-19-20-21-22-23-24-25-26-27-28-30-32-34-36-38-40-46(54)52-43(41-60-51-50(58)49(57)48(56)45(61-51)42-59-3)47(55)44(53)39-37-35-33-31-29-17-15-13-11-9-7-5-2/h43-45,47-51,53,55-58H,4-42H2,1-3H3,(H,52,54)/t43-,44+,45?,47-,48-,49-,50?,51-/m0/s1. The van der Waals surface area contributed by atoms with Crippen molar-refractivity contribution in [1.82, 2.24) is 5.32 Å². The van der Waals surface area contributed by atoms with Crippen LogP contribution in [0.15, 0.2) is 0 Å². The number of carbonyl (C=O) groups excluding carboxylic acids is 1. The zero-order valence-electron chi connectivity index (χ0n) is 40.1. The molecular formula is C51H101NO9. The van der Waals surface area contributed by atoms with Gasteiger partial charge in [0.05, 0.1) is 25.4 Å². The van der Waals surface area contributed by atoms with E-state index in [0.29, 0.717) is 12.8 Å². The number of aliphatic hydroxyl groups excluding tert-OH is 5. The molecule has 8 atom stereocenters. The minimum absolute atomic E-state index is 0.0229. The second-order valence-corrected chi connectivity index (χ2v) is 18.7. The lowest BCUT2D eigenvalue weighted by Gasteiger charge is -2.40. The van der Waals surface area contributed by atoms with Gasteiger partial charge in [0.2, 0.25) is 5.91 Å². The van der Waals surface area contributed by atoms with Gasteiger partial charge in [0.25, 0.3) is 0 Å². The summed E-state index contributed by atoms with van der Waals surface area (Å²) >= 11 is 0. The van der Waals surface area contributed by atoms with Gasteiger partial charge in [-0.3, -0.25) is 4.79 Å². The third-order valence-corrected chi connectivity index (χ3v) is 13.0. The third kappa shape index (κ3) is 31.6. The SMILES string of the molecule is CCCCCCCCCCCCCCCCCCCCCCCCCC(=O)N[C@@H](CO[C@H]1OC(COC)[C@H](O)[C@H](O)C1O)[C@H](O)[C@H](O)CCCCCCCCCCCCCC. The maximum absolute atomic E-state index is 13.1. The van der Waals surface area contributed by atoms with E-state index in [9.17, 15) is 30.3 Å². The van der Waals surface area contributed by atoms with Crippen LogP contribution in [0.2, 0.25) is 0 Å². The maximum atomic E-state index is 13.1. The molecule has 0 spiro atoms. The molecule has 10 nitrogen and oxygen atoms in total. The fraction of sp³-hybridized carbons (Fsp3) is 0.980. The number of hydrogen-bond donors (Lipinski definition) is 6. The first-order valence-electron chi connectivity index (χ1n) is 26.2. The quantitative estimate of drug-likeness (QED) is 0.0328. The second-order valence-electron chi connectivity index (χ2n) is 18.7. The normalized spacial score (nSPS) is 20.8. The van der Waals surface area contributed by atoms with Crippen molar-refractivity contribution < 1.29 is 44.5 Å². The number of methoxy groups -OCH3 is 1. The largest absolute Gasteiger partial charge is 0.390 e. The highest BCUT2D eigenvalue weighted by Crippen LogP contribution is 2.24. The summed E-state index contributed by atoms with van der Waals surface area (Å²) in [6.45, 7) is 4.25. The molecule has 1 heterocycles. The van der Waals surface area contributed by atoms with Crippen LogP contribution in [-0.4, -0.2) is 101 Å². The number of hydrogen-bond acceptors (Lipinski definition) is 9. The van der Waals surface area contributed by atoms with Crippen LogP contribution in [0.25, 0.3) is 0 Å². The average Bonchev–Trinajstić information content (AvgIpc) is 3.25. The summed E-state index contributed by atoms with van der Waals surface area (Å²) in [5.41, 5.74) is 0. The molecule has 6 N–H and O–H groups in total. The molecule has 0 aromatic rings. The third-order valence-electron chi connectivity index (χ3n) is 13.0. The van der Waals surface area contributed by atoms with Gasteiger partial charge in [0, 0.05) is 13.5 Å². The van der Waals surface area contributed by atoms with E-state index in [2.05, 4.69) is 19.2 Å². The number of nitrogens with one attached hydrogen (secondary N) is 1. The number of rotatable bonds is 45. The summed E-state index contributed by atoms with van der Waals surface area (Å²) in [4.78, 5) is 13.1. The highest BCUT2D eigenvalue weighted by atomic mass is 16.7. The summed E-state index contributed by atoms with van der Waals surface area (Å²) < 4.78 is 16.6. The van der Waals surface area contributed by atoms with Gasteiger partial charge in [0.15, 0.2) is 6.29 Å². The van der Waals surface area contributed by atoms with E-state index in [-0.39, 0.29) is 19.1 Å². The van der Waals surface area contributed by atoms with Crippen molar-refractivity contribution in [3.8, 4) is 0 Å². The number of aliphatic hydroxyl groups is 5. The molecule has 0 bridgehead atoms. The Balaban J connectivity index is 2.30. The molecule has 1 aliphatic heterocycles. The van der Waals surface area contributed by atoms with Crippen LogP contribution in [0.5, 0.6) is 0 Å². The van der Waals surface area contributed by atoms with Crippen LogP contribution in [0, 0.1) is 0 Å². The molecule has 1 amide bonds. The summed E-state index contributed by atoms with van der Waals surface area (Å²) in [6.07, 6.45) is 36.3. The van der Waals surface area contributed by atoms with Crippen LogP contribution in [-0.2, 0) is 19.0 Å². The van der Waals surface area contributed by atoms with Crippen molar-refractivity contribution in [3.63, 3.8) is 0 Å². The number of ether oxygens (including phenoxy) is 3. The Labute approximate surface area is 375 Å². The van der Waals surface area contributed by atoms with E-state index in [1.165, 1.54) is 193 Å². The smallest absolute Gasteiger partial charge is 0.220 e. The summed E-state index contributed by atoms with van der Waals surface area (Å²) in [7, 11) is 1.44. The van der Waals surface area contributed by atoms with Crippen molar-refractivity contribution in [3.05, 3.63) is 0 Å². The van der Waals surface area contributed by atoms with Crippen LogP contribution in [0.4, 0.5) is 0 Å². The summed E-state index contributed by atoms with van der Waals surface area (Å²) in [5, 5.41) is 56.3. The van der Waals surface area contributed by atoms with E-state index in [1.807, 2.05) is 0 Å². The first-order chi connectivity index (χ1) is 29.8. The van der Waals surface area contributed by atoms with E-state index < -0.39 is 49.0 Å². The Kier molecular flexibility index (Phi) is 39.9. The van der Waals surface area contributed by atoms with Gasteiger partial charge in [-0.1, -0.05) is 232 Å². The van der Waals surface area contributed by atoms with Gasteiger partial charge < -0.3 is 45.1 Å². The Morgan fingerprint density at radius 1 is 0.525 bits per heavy atom. The fourth-order valence-corrected chi connectivity index (χ4v) is 8.76. The predicted molar refractivity (Wildman–Crippen MR) is 251 cm³/mol. The zero-order chi connectivity index (χ0) is 44.6. The second kappa shape index (κ2) is 41.8. The van der Waals surface area contributed by atoms with E-state index in [4.69, 9.17) is 14.2 Å².